The molecule has 84 valence electrons. The van der Waals surface area contributed by atoms with Crippen molar-refractivity contribution in [2.24, 2.45) is 0 Å². The average molecular weight is 248 g/mol. The zero-order valence-corrected chi connectivity index (χ0v) is 9.33. The maximum atomic E-state index is 8.19. The maximum absolute atomic E-state index is 8.19. The summed E-state index contributed by atoms with van der Waals surface area (Å²) in [6.45, 7) is -1.88. The number of nitrogens with zero attached hydrogens (tertiary/aromatic N) is 5. The first kappa shape index (κ1) is 8.14. The summed E-state index contributed by atoms with van der Waals surface area (Å²) in [5.41, 5.74) is 1.15. The van der Waals surface area contributed by atoms with E-state index in [1.165, 1.54) is 18.6 Å². The van der Waals surface area contributed by atoms with Gasteiger partial charge in [0.1, 0.15) is 10.7 Å². The van der Waals surface area contributed by atoms with Crippen LogP contribution in [-0.4, -0.2) is 24.7 Å². The minimum atomic E-state index is -1.88. The third-order valence-electron chi connectivity index (χ3n) is 2.14. The van der Waals surface area contributed by atoms with Gasteiger partial charge >= 0.3 is 0 Å². The number of pyridine rings is 1. The SMILES string of the molecule is [2H]C([2H])(c1cccnc1)n1ncc2ncc(Cl)nc21. The van der Waals surface area contributed by atoms with Crippen molar-refractivity contribution in [2.45, 2.75) is 6.50 Å². The molecule has 0 amide bonds. The lowest BCUT2D eigenvalue weighted by Gasteiger charge is -2.02. The highest BCUT2D eigenvalue weighted by Gasteiger charge is 2.06. The molecule has 0 aliphatic heterocycles. The van der Waals surface area contributed by atoms with E-state index in [1.54, 1.807) is 18.3 Å². The van der Waals surface area contributed by atoms with Crippen molar-refractivity contribution in [3.05, 3.63) is 47.6 Å². The summed E-state index contributed by atoms with van der Waals surface area (Å²) in [4.78, 5) is 12.0. The van der Waals surface area contributed by atoms with E-state index in [9.17, 15) is 0 Å². The van der Waals surface area contributed by atoms with Crippen molar-refractivity contribution >= 4 is 22.8 Å². The summed E-state index contributed by atoms with van der Waals surface area (Å²) < 4.78 is 17.5. The van der Waals surface area contributed by atoms with Crippen molar-refractivity contribution in [2.75, 3.05) is 0 Å². The number of hydrogen-bond donors (Lipinski definition) is 0. The molecule has 6 heteroatoms. The van der Waals surface area contributed by atoms with Gasteiger partial charge in [0.15, 0.2) is 5.65 Å². The molecular weight excluding hydrogens is 238 g/mol. The van der Waals surface area contributed by atoms with Crippen LogP contribution in [0.5, 0.6) is 0 Å². The van der Waals surface area contributed by atoms with Crippen LogP contribution >= 0.6 is 11.6 Å². The fourth-order valence-electron chi connectivity index (χ4n) is 1.41. The predicted octanol–water partition coefficient (Wildman–Crippen LogP) is 1.92. The Bertz CT molecular complexity index is 728. The summed E-state index contributed by atoms with van der Waals surface area (Å²) in [6.07, 6.45) is 5.88. The molecule has 3 heterocycles. The van der Waals surface area contributed by atoms with Crippen LogP contribution in [0.2, 0.25) is 5.15 Å². The first-order valence-corrected chi connectivity index (χ1v) is 5.24. The van der Waals surface area contributed by atoms with Crippen LogP contribution in [0, 0.1) is 0 Å². The molecule has 0 atom stereocenters. The summed E-state index contributed by atoms with van der Waals surface area (Å²) in [7, 11) is 0. The van der Waals surface area contributed by atoms with Crippen LogP contribution in [0.15, 0.2) is 36.9 Å². The minimum Gasteiger partial charge on any atom is -0.264 e. The molecule has 0 radical (unpaired) electrons. The largest absolute Gasteiger partial charge is 0.264 e. The van der Waals surface area contributed by atoms with Crippen LogP contribution in [0.4, 0.5) is 0 Å². The van der Waals surface area contributed by atoms with Gasteiger partial charge in [-0.15, -0.1) is 0 Å². The average Bonchev–Trinajstić information content (AvgIpc) is 2.83. The monoisotopic (exact) mass is 247 g/mol. The zero-order chi connectivity index (χ0) is 13.5. The van der Waals surface area contributed by atoms with Crippen molar-refractivity contribution in [1.29, 1.82) is 0 Å². The number of fused-ring (bicyclic) bond motifs is 1. The Balaban J connectivity index is 2.21. The highest BCUT2D eigenvalue weighted by molar-refractivity contribution is 6.29. The third kappa shape index (κ3) is 1.97. The smallest absolute Gasteiger partial charge is 0.178 e. The van der Waals surface area contributed by atoms with Gasteiger partial charge in [0.25, 0.3) is 0 Å². The van der Waals surface area contributed by atoms with E-state index in [-0.39, 0.29) is 5.15 Å². The lowest BCUT2D eigenvalue weighted by Crippen LogP contribution is -2.02. The quantitative estimate of drug-likeness (QED) is 0.694. The molecule has 0 unspecified atom stereocenters. The molecule has 0 fully saturated rings. The van der Waals surface area contributed by atoms with Crippen LogP contribution < -0.4 is 0 Å². The second-order valence-corrected chi connectivity index (χ2v) is 3.70. The van der Waals surface area contributed by atoms with Gasteiger partial charge in [-0.3, -0.25) is 4.98 Å². The van der Waals surface area contributed by atoms with E-state index in [2.05, 4.69) is 20.1 Å². The molecule has 0 saturated heterocycles. The summed E-state index contributed by atoms with van der Waals surface area (Å²) in [5, 5.41) is 4.21. The van der Waals surface area contributed by atoms with Gasteiger partial charge in [-0.2, -0.15) is 5.10 Å². The first-order valence-electron chi connectivity index (χ1n) is 5.86. The van der Waals surface area contributed by atoms with Crippen molar-refractivity contribution in [3.63, 3.8) is 0 Å². The number of hydrogen-bond acceptors (Lipinski definition) is 4. The van der Waals surface area contributed by atoms with E-state index in [4.69, 9.17) is 14.3 Å². The number of halogens is 1. The molecule has 3 aromatic rings. The topological polar surface area (TPSA) is 56.5 Å². The Kier molecular flexibility index (Phi) is 1.96. The zero-order valence-electron chi connectivity index (χ0n) is 10.6. The minimum absolute atomic E-state index is 0.191. The highest BCUT2D eigenvalue weighted by Crippen LogP contribution is 2.13. The molecule has 0 aliphatic carbocycles. The fourth-order valence-corrected chi connectivity index (χ4v) is 1.54. The van der Waals surface area contributed by atoms with Gasteiger partial charge in [0.05, 0.1) is 21.6 Å². The molecule has 5 nitrogen and oxygen atoms in total. The van der Waals surface area contributed by atoms with Gasteiger partial charge < -0.3 is 0 Å². The van der Waals surface area contributed by atoms with Crippen LogP contribution in [0.3, 0.4) is 0 Å². The molecule has 3 aromatic heterocycles. The predicted molar refractivity (Wildman–Crippen MR) is 63.7 cm³/mol. The Labute approximate surface area is 105 Å². The van der Waals surface area contributed by atoms with Gasteiger partial charge in [-0.25, -0.2) is 14.6 Å². The van der Waals surface area contributed by atoms with E-state index < -0.39 is 6.50 Å². The van der Waals surface area contributed by atoms with Crippen molar-refractivity contribution in [1.82, 2.24) is 24.7 Å². The van der Waals surface area contributed by atoms with E-state index >= 15 is 0 Å². The fraction of sp³-hybridized carbons (Fsp3) is 0.0909. The second kappa shape index (κ2) is 4.10. The Hall–Kier alpha value is -2.01. The lowest BCUT2D eigenvalue weighted by atomic mass is 10.3. The first-order chi connectivity index (χ1) is 9.09. The molecule has 0 aliphatic rings. The number of rotatable bonds is 2. The molecule has 0 aromatic carbocycles. The summed E-state index contributed by atoms with van der Waals surface area (Å²) in [6, 6.07) is 3.30. The van der Waals surface area contributed by atoms with Crippen LogP contribution in [-0.2, 0) is 6.50 Å². The molecular formula is C11H8ClN5. The van der Waals surface area contributed by atoms with Gasteiger partial charge in [-0.05, 0) is 11.6 Å². The highest BCUT2D eigenvalue weighted by atomic mass is 35.5. The molecule has 17 heavy (non-hydrogen) atoms. The van der Waals surface area contributed by atoms with E-state index in [1.807, 2.05) is 0 Å². The van der Waals surface area contributed by atoms with E-state index in [0.717, 1.165) is 4.68 Å². The van der Waals surface area contributed by atoms with Crippen molar-refractivity contribution in [3.8, 4) is 0 Å². The van der Waals surface area contributed by atoms with Crippen molar-refractivity contribution < 1.29 is 2.74 Å². The van der Waals surface area contributed by atoms with Gasteiger partial charge in [0, 0.05) is 12.4 Å². The van der Waals surface area contributed by atoms with Gasteiger partial charge in [-0.1, -0.05) is 17.7 Å². The van der Waals surface area contributed by atoms with Crippen LogP contribution in [0.1, 0.15) is 8.30 Å². The summed E-state index contributed by atoms with van der Waals surface area (Å²) >= 11 is 5.79. The lowest BCUT2D eigenvalue weighted by molar-refractivity contribution is 0.702. The maximum Gasteiger partial charge on any atom is 0.178 e. The molecule has 3 rings (SSSR count). The molecule has 0 saturated carbocycles. The Morgan fingerprint density at radius 3 is 3.12 bits per heavy atom. The molecule has 0 bridgehead atoms. The number of aromatic nitrogens is 5. The van der Waals surface area contributed by atoms with Crippen LogP contribution in [0.25, 0.3) is 11.2 Å². The standard InChI is InChI=1S/C11H8ClN5/c12-10-6-14-9-5-15-17(11(9)16-10)7-8-2-1-3-13-4-8/h1-6H,7H2/i7D2. The second-order valence-electron chi connectivity index (χ2n) is 3.31. The molecule has 0 spiro atoms. The van der Waals surface area contributed by atoms with Gasteiger partial charge in [0.2, 0.25) is 0 Å². The van der Waals surface area contributed by atoms with E-state index in [0.29, 0.717) is 16.7 Å². The Morgan fingerprint density at radius 1 is 1.35 bits per heavy atom. The normalized spacial score (nSPS) is 13.5. The Morgan fingerprint density at radius 2 is 2.29 bits per heavy atom. The summed E-state index contributed by atoms with van der Waals surface area (Å²) in [5.74, 6) is 0. The third-order valence-corrected chi connectivity index (χ3v) is 2.33. The molecule has 0 N–H and O–H groups in total.